The Labute approximate surface area is 134 Å². The van der Waals surface area contributed by atoms with Crippen molar-refractivity contribution in [2.75, 3.05) is 13.7 Å². The van der Waals surface area contributed by atoms with E-state index in [1.54, 1.807) is 18.2 Å². The van der Waals surface area contributed by atoms with Gasteiger partial charge in [-0.25, -0.2) is 0 Å². The number of carbonyl (C=O) groups excluding carboxylic acids is 1. The first kappa shape index (κ1) is 16.8. The molecule has 23 heavy (non-hydrogen) atoms. The molecule has 2 atom stereocenters. The smallest absolute Gasteiger partial charge is 0.241 e. The molecule has 0 bridgehead atoms. The third-order valence-corrected chi connectivity index (χ3v) is 3.56. The molecule has 0 heterocycles. The maximum Gasteiger partial charge on any atom is 0.241 e. The first-order chi connectivity index (χ1) is 11.0. The van der Waals surface area contributed by atoms with Crippen molar-refractivity contribution < 1.29 is 19.7 Å². The molecule has 2 aromatic rings. The van der Waals surface area contributed by atoms with Gasteiger partial charge in [0.2, 0.25) is 5.91 Å². The van der Waals surface area contributed by atoms with E-state index in [0.717, 1.165) is 5.56 Å². The van der Waals surface area contributed by atoms with Crippen LogP contribution in [0.5, 0.6) is 11.5 Å². The molecule has 0 saturated heterocycles. The SMILES string of the molecule is CO[C@@H](CNC(=O)[C@H](N)c1ccccc1)c1ccc(O)c(O)c1. The number of aromatic hydroxyl groups is 2. The van der Waals surface area contributed by atoms with Crippen LogP contribution in [0.25, 0.3) is 0 Å². The molecule has 5 N–H and O–H groups in total. The lowest BCUT2D eigenvalue weighted by molar-refractivity contribution is -0.123. The van der Waals surface area contributed by atoms with Crippen molar-refractivity contribution in [1.29, 1.82) is 0 Å². The summed E-state index contributed by atoms with van der Waals surface area (Å²) in [6.45, 7) is 0.195. The number of ether oxygens (including phenoxy) is 1. The molecule has 0 fully saturated rings. The van der Waals surface area contributed by atoms with Crippen LogP contribution in [-0.4, -0.2) is 29.8 Å². The highest BCUT2D eigenvalue weighted by atomic mass is 16.5. The number of phenolic OH excluding ortho intramolecular Hbond substituents is 2. The monoisotopic (exact) mass is 316 g/mol. The Hall–Kier alpha value is -2.57. The average molecular weight is 316 g/mol. The zero-order valence-electron chi connectivity index (χ0n) is 12.8. The van der Waals surface area contributed by atoms with Crippen LogP contribution in [0.2, 0.25) is 0 Å². The Kier molecular flexibility index (Phi) is 5.56. The van der Waals surface area contributed by atoms with Gasteiger partial charge in [0.15, 0.2) is 11.5 Å². The number of phenols is 2. The van der Waals surface area contributed by atoms with Crippen molar-refractivity contribution in [2.45, 2.75) is 12.1 Å². The molecular formula is C17H20N2O4. The predicted octanol–water partition coefficient (Wildman–Crippen LogP) is 1.60. The molecule has 0 saturated carbocycles. The van der Waals surface area contributed by atoms with E-state index in [2.05, 4.69) is 5.32 Å². The first-order valence-electron chi connectivity index (χ1n) is 7.16. The number of nitrogens with one attached hydrogen (secondary N) is 1. The van der Waals surface area contributed by atoms with E-state index in [4.69, 9.17) is 10.5 Å². The Bertz CT molecular complexity index is 661. The summed E-state index contributed by atoms with van der Waals surface area (Å²) in [5.41, 5.74) is 7.28. The van der Waals surface area contributed by atoms with Crippen molar-refractivity contribution in [2.24, 2.45) is 5.73 Å². The van der Waals surface area contributed by atoms with Crippen LogP contribution < -0.4 is 11.1 Å². The molecule has 0 spiro atoms. The van der Waals surface area contributed by atoms with E-state index in [1.807, 2.05) is 18.2 Å². The topological polar surface area (TPSA) is 105 Å². The van der Waals surface area contributed by atoms with E-state index in [-0.39, 0.29) is 24.0 Å². The molecule has 0 aliphatic rings. The molecule has 6 nitrogen and oxygen atoms in total. The van der Waals surface area contributed by atoms with Crippen molar-refractivity contribution in [3.05, 3.63) is 59.7 Å². The number of nitrogens with two attached hydrogens (primary N) is 1. The molecular weight excluding hydrogens is 296 g/mol. The van der Waals surface area contributed by atoms with Crippen molar-refractivity contribution in [1.82, 2.24) is 5.32 Å². The summed E-state index contributed by atoms with van der Waals surface area (Å²) < 4.78 is 5.32. The average Bonchev–Trinajstić information content (AvgIpc) is 2.58. The van der Waals surface area contributed by atoms with E-state index >= 15 is 0 Å². The summed E-state index contributed by atoms with van der Waals surface area (Å²) in [5.74, 6) is -0.767. The lowest BCUT2D eigenvalue weighted by Crippen LogP contribution is -2.36. The Morgan fingerprint density at radius 1 is 1.13 bits per heavy atom. The fourth-order valence-corrected chi connectivity index (χ4v) is 2.19. The Morgan fingerprint density at radius 3 is 2.43 bits per heavy atom. The largest absolute Gasteiger partial charge is 0.504 e. The van der Waals surface area contributed by atoms with Crippen LogP contribution in [-0.2, 0) is 9.53 Å². The number of hydrogen-bond donors (Lipinski definition) is 4. The van der Waals surface area contributed by atoms with Gasteiger partial charge < -0.3 is 26.0 Å². The van der Waals surface area contributed by atoms with Gasteiger partial charge in [-0.3, -0.25) is 4.79 Å². The summed E-state index contributed by atoms with van der Waals surface area (Å²) in [6.07, 6.45) is -0.464. The maximum atomic E-state index is 12.1. The van der Waals surface area contributed by atoms with Gasteiger partial charge in [-0.2, -0.15) is 0 Å². The minimum absolute atomic E-state index is 0.195. The zero-order chi connectivity index (χ0) is 16.8. The molecule has 0 radical (unpaired) electrons. The van der Waals surface area contributed by atoms with Crippen LogP contribution in [0.15, 0.2) is 48.5 Å². The lowest BCUT2D eigenvalue weighted by atomic mass is 10.1. The van der Waals surface area contributed by atoms with E-state index in [0.29, 0.717) is 5.56 Å². The van der Waals surface area contributed by atoms with Crippen LogP contribution >= 0.6 is 0 Å². The highest BCUT2D eigenvalue weighted by Gasteiger charge is 2.18. The standard InChI is InChI=1S/C17H20N2O4/c1-23-15(12-7-8-13(20)14(21)9-12)10-19-17(22)16(18)11-5-3-2-4-6-11/h2-9,15-16,20-21H,10,18H2,1H3,(H,19,22)/t15-,16+/m0/s1. The Morgan fingerprint density at radius 2 is 1.83 bits per heavy atom. The maximum absolute atomic E-state index is 12.1. The molecule has 1 amide bonds. The number of rotatable bonds is 6. The number of carbonyl (C=O) groups is 1. The molecule has 0 aliphatic carbocycles. The zero-order valence-corrected chi connectivity index (χ0v) is 12.8. The first-order valence-corrected chi connectivity index (χ1v) is 7.16. The van der Waals surface area contributed by atoms with Gasteiger partial charge in [0.25, 0.3) is 0 Å². The molecule has 122 valence electrons. The van der Waals surface area contributed by atoms with Crippen LogP contribution in [0.1, 0.15) is 23.3 Å². The van der Waals surface area contributed by atoms with E-state index in [1.165, 1.54) is 19.2 Å². The number of hydrogen-bond acceptors (Lipinski definition) is 5. The lowest BCUT2D eigenvalue weighted by Gasteiger charge is -2.19. The van der Waals surface area contributed by atoms with Crippen LogP contribution in [0, 0.1) is 0 Å². The second-order valence-electron chi connectivity index (χ2n) is 5.11. The Balaban J connectivity index is 1.99. The van der Waals surface area contributed by atoms with Crippen molar-refractivity contribution in [3.8, 4) is 11.5 Å². The summed E-state index contributed by atoms with van der Waals surface area (Å²) >= 11 is 0. The molecule has 6 heteroatoms. The molecule has 2 aromatic carbocycles. The highest BCUT2D eigenvalue weighted by molar-refractivity contribution is 5.82. The van der Waals surface area contributed by atoms with Gasteiger partial charge in [0.1, 0.15) is 6.04 Å². The van der Waals surface area contributed by atoms with E-state index in [9.17, 15) is 15.0 Å². The van der Waals surface area contributed by atoms with Crippen LogP contribution in [0.3, 0.4) is 0 Å². The van der Waals surface area contributed by atoms with Gasteiger partial charge in [-0.1, -0.05) is 36.4 Å². The highest BCUT2D eigenvalue weighted by Crippen LogP contribution is 2.28. The molecule has 0 aromatic heterocycles. The second kappa shape index (κ2) is 7.62. The minimum Gasteiger partial charge on any atom is -0.504 e. The minimum atomic E-state index is -0.762. The third kappa shape index (κ3) is 4.21. The number of benzene rings is 2. The third-order valence-electron chi connectivity index (χ3n) is 3.56. The fraction of sp³-hybridized carbons (Fsp3) is 0.235. The van der Waals surface area contributed by atoms with Crippen molar-refractivity contribution >= 4 is 5.91 Å². The second-order valence-corrected chi connectivity index (χ2v) is 5.11. The normalized spacial score (nSPS) is 13.3. The summed E-state index contributed by atoms with van der Waals surface area (Å²) in [4.78, 5) is 12.1. The summed E-state index contributed by atoms with van der Waals surface area (Å²) in [5, 5.41) is 21.6. The van der Waals surface area contributed by atoms with E-state index < -0.39 is 12.1 Å². The molecule has 2 rings (SSSR count). The van der Waals surface area contributed by atoms with Gasteiger partial charge in [-0.05, 0) is 23.3 Å². The van der Waals surface area contributed by atoms with Gasteiger partial charge in [0.05, 0.1) is 6.10 Å². The summed E-state index contributed by atoms with van der Waals surface area (Å²) in [6, 6.07) is 12.7. The fourth-order valence-electron chi connectivity index (χ4n) is 2.19. The quantitative estimate of drug-likeness (QED) is 0.606. The van der Waals surface area contributed by atoms with Crippen molar-refractivity contribution in [3.63, 3.8) is 0 Å². The van der Waals surface area contributed by atoms with Gasteiger partial charge in [-0.15, -0.1) is 0 Å². The predicted molar refractivity (Wildman–Crippen MR) is 85.9 cm³/mol. The molecule has 0 unspecified atom stereocenters. The van der Waals surface area contributed by atoms with Gasteiger partial charge >= 0.3 is 0 Å². The summed E-state index contributed by atoms with van der Waals surface area (Å²) in [7, 11) is 1.50. The number of methoxy groups -OCH3 is 1. The molecule has 0 aliphatic heterocycles. The van der Waals surface area contributed by atoms with Crippen LogP contribution in [0.4, 0.5) is 0 Å². The van der Waals surface area contributed by atoms with Gasteiger partial charge in [0, 0.05) is 13.7 Å². The number of amides is 1.